The van der Waals surface area contributed by atoms with E-state index in [9.17, 15) is 8.78 Å². The van der Waals surface area contributed by atoms with Crippen molar-refractivity contribution in [2.45, 2.75) is 38.3 Å². The molecule has 1 atom stereocenters. The number of hydrogen-bond acceptors (Lipinski definition) is 3. The van der Waals surface area contributed by atoms with Crippen LogP contribution in [-0.2, 0) is 0 Å². The molecular weight excluding hydrogens is 511 g/mol. The summed E-state index contributed by atoms with van der Waals surface area (Å²) in [7, 11) is 4.07. The summed E-state index contributed by atoms with van der Waals surface area (Å²) in [5, 5.41) is 7.48. The van der Waals surface area contributed by atoms with E-state index in [4.69, 9.17) is 16.6 Å². The first-order valence-electron chi connectivity index (χ1n) is 9.86. The molecule has 1 fully saturated rings. The van der Waals surface area contributed by atoms with E-state index in [0.29, 0.717) is 19.6 Å². The van der Waals surface area contributed by atoms with Gasteiger partial charge in [-0.3, -0.25) is 9.89 Å². The number of nitrogens with zero attached hydrogens (tertiary/aromatic N) is 3. The van der Waals surface area contributed by atoms with Crippen LogP contribution in [-0.4, -0.2) is 75.0 Å². The predicted molar refractivity (Wildman–Crippen MR) is 128 cm³/mol. The third-order valence-electron chi connectivity index (χ3n) is 4.97. The SMILES string of the molecule is CCNC(=NCC(c1ccc(Cl)cc1)N(C)C)NC1CCN(CC(F)F)CC1.I. The van der Waals surface area contributed by atoms with Crippen LogP contribution in [0.25, 0.3) is 0 Å². The number of likely N-dealkylation sites (N-methyl/N-ethyl adjacent to an activating group) is 1. The van der Waals surface area contributed by atoms with E-state index in [1.165, 1.54) is 0 Å². The lowest BCUT2D eigenvalue weighted by molar-refractivity contribution is 0.0744. The molecule has 0 spiro atoms. The maximum atomic E-state index is 12.5. The van der Waals surface area contributed by atoms with Crippen LogP contribution in [0.15, 0.2) is 29.3 Å². The Morgan fingerprint density at radius 3 is 2.38 bits per heavy atom. The maximum Gasteiger partial charge on any atom is 0.251 e. The number of rotatable bonds is 8. The zero-order valence-electron chi connectivity index (χ0n) is 17.4. The smallest absolute Gasteiger partial charge is 0.251 e. The van der Waals surface area contributed by atoms with E-state index in [2.05, 4.69) is 15.5 Å². The van der Waals surface area contributed by atoms with E-state index in [-0.39, 0.29) is 42.6 Å². The van der Waals surface area contributed by atoms with Crippen LogP contribution in [0.4, 0.5) is 8.78 Å². The Morgan fingerprint density at radius 1 is 1.24 bits per heavy atom. The molecule has 2 N–H and O–H groups in total. The monoisotopic (exact) mass is 543 g/mol. The van der Waals surface area contributed by atoms with E-state index >= 15 is 0 Å². The first-order valence-corrected chi connectivity index (χ1v) is 10.2. The van der Waals surface area contributed by atoms with Gasteiger partial charge in [0.15, 0.2) is 5.96 Å². The third kappa shape index (κ3) is 9.31. The first-order chi connectivity index (χ1) is 13.4. The van der Waals surface area contributed by atoms with Gasteiger partial charge in [0, 0.05) is 30.7 Å². The molecule has 0 amide bonds. The number of alkyl halides is 2. The number of halogens is 4. The Kier molecular flexibility index (Phi) is 12.3. The lowest BCUT2D eigenvalue weighted by Crippen LogP contribution is -2.49. The van der Waals surface area contributed by atoms with Crippen LogP contribution in [0.2, 0.25) is 5.02 Å². The molecule has 0 bridgehead atoms. The van der Waals surface area contributed by atoms with Crippen molar-refractivity contribution in [2.24, 2.45) is 4.99 Å². The van der Waals surface area contributed by atoms with Gasteiger partial charge in [0.2, 0.25) is 0 Å². The number of piperidine rings is 1. The van der Waals surface area contributed by atoms with Gasteiger partial charge in [0.25, 0.3) is 6.43 Å². The third-order valence-corrected chi connectivity index (χ3v) is 5.22. The zero-order valence-corrected chi connectivity index (χ0v) is 20.5. The van der Waals surface area contributed by atoms with Crippen molar-refractivity contribution in [3.8, 4) is 0 Å². The first kappa shape index (κ1) is 26.3. The molecule has 0 aliphatic carbocycles. The minimum atomic E-state index is -2.26. The summed E-state index contributed by atoms with van der Waals surface area (Å²) in [5.41, 5.74) is 1.16. The summed E-state index contributed by atoms with van der Waals surface area (Å²) >= 11 is 6.00. The summed E-state index contributed by atoms with van der Waals surface area (Å²) < 4.78 is 25.1. The van der Waals surface area contributed by atoms with Crippen LogP contribution in [0.3, 0.4) is 0 Å². The van der Waals surface area contributed by atoms with Gasteiger partial charge in [-0.2, -0.15) is 0 Å². The molecule has 5 nitrogen and oxygen atoms in total. The van der Waals surface area contributed by atoms with E-state index in [0.717, 1.165) is 35.9 Å². The largest absolute Gasteiger partial charge is 0.357 e. The summed E-state index contributed by atoms with van der Waals surface area (Å²) in [4.78, 5) is 8.75. The van der Waals surface area contributed by atoms with E-state index in [1.807, 2.05) is 50.2 Å². The van der Waals surface area contributed by atoms with Gasteiger partial charge < -0.3 is 15.5 Å². The highest BCUT2D eigenvalue weighted by Gasteiger charge is 2.22. The zero-order chi connectivity index (χ0) is 20.5. The predicted octanol–water partition coefficient (Wildman–Crippen LogP) is 3.85. The fraction of sp³-hybridized carbons (Fsp3) is 0.650. The maximum absolute atomic E-state index is 12.5. The van der Waals surface area contributed by atoms with Gasteiger partial charge >= 0.3 is 0 Å². The summed E-state index contributed by atoms with van der Waals surface area (Å²) in [6.07, 6.45) is -0.587. The van der Waals surface area contributed by atoms with Crippen molar-refractivity contribution in [3.05, 3.63) is 34.9 Å². The van der Waals surface area contributed by atoms with Crippen LogP contribution in [0.1, 0.15) is 31.4 Å². The molecule has 0 radical (unpaired) electrons. The number of likely N-dealkylation sites (tertiary alicyclic amines) is 1. The summed E-state index contributed by atoms with van der Waals surface area (Å²) in [6, 6.07) is 8.24. The Balaban J connectivity index is 0.00000420. The minimum Gasteiger partial charge on any atom is -0.357 e. The highest BCUT2D eigenvalue weighted by atomic mass is 127. The van der Waals surface area contributed by atoms with Crippen molar-refractivity contribution in [3.63, 3.8) is 0 Å². The lowest BCUT2D eigenvalue weighted by Gasteiger charge is -2.33. The van der Waals surface area contributed by atoms with Crippen LogP contribution in [0, 0.1) is 0 Å². The van der Waals surface area contributed by atoms with Crippen LogP contribution >= 0.6 is 35.6 Å². The number of guanidine groups is 1. The van der Waals surface area contributed by atoms with Gasteiger partial charge in [-0.1, -0.05) is 23.7 Å². The normalized spacial score (nSPS) is 17.3. The highest BCUT2D eigenvalue weighted by Crippen LogP contribution is 2.21. The average molecular weight is 544 g/mol. The molecule has 1 saturated heterocycles. The standard InChI is InChI=1S/C20H32ClF2N5.HI/c1-4-24-20(26-17-9-11-28(12-10-17)14-19(22)23)25-13-18(27(2)3)15-5-7-16(21)8-6-15;/h5-8,17-19H,4,9-14H2,1-3H3,(H2,24,25,26);1H. The second kappa shape index (κ2) is 13.6. The molecule has 1 aliphatic heterocycles. The molecule has 0 aromatic heterocycles. The molecule has 29 heavy (non-hydrogen) atoms. The number of nitrogens with one attached hydrogen (secondary N) is 2. The second-order valence-corrected chi connectivity index (χ2v) is 7.80. The number of hydrogen-bond donors (Lipinski definition) is 2. The molecule has 0 saturated carbocycles. The van der Waals surface area contributed by atoms with E-state index in [1.54, 1.807) is 0 Å². The molecule has 1 aliphatic rings. The van der Waals surface area contributed by atoms with Gasteiger partial charge in [-0.05, 0) is 51.6 Å². The van der Waals surface area contributed by atoms with Gasteiger partial charge in [-0.15, -0.1) is 24.0 Å². The summed E-state index contributed by atoms with van der Waals surface area (Å²) in [5.74, 6) is 0.774. The fourth-order valence-corrected chi connectivity index (χ4v) is 3.52. The Labute approximate surface area is 195 Å². The molecule has 2 rings (SSSR count). The molecule has 1 aromatic carbocycles. The Morgan fingerprint density at radius 2 is 1.86 bits per heavy atom. The average Bonchev–Trinajstić information content (AvgIpc) is 2.64. The molecule has 1 unspecified atom stereocenters. The molecule has 9 heteroatoms. The molecule has 1 aromatic rings. The minimum absolute atomic E-state index is 0. The van der Waals surface area contributed by atoms with Crippen molar-refractivity contribution in [2.75, 3.05) is 46.8 Å². The van der Waals surface area contributed by atoms with Gasteiger partial charge in [0.1, 0.15) is 0 Å². The van der Waals surface area contributed by atoms with Gasteiger partial charge in [0.05, 0.1) is 19.1 Å². The van der Waals surface area contributed by atoms with Gasteiger partial charge in [-0.25, -0.2) is 8.78 Å². The molecular formula is C20H33ClF2IN5. The topological polar surface area (TPSA) is 42.9 Å². The highest BCUT2D eigenvalue weighted by molar-refractivity contribution is 14.0. The quantitative estimate of drug-likeness (QED) is 0.297. The lowest BCUT2D eigenvalue weighted by atomic mass is 10.1. The van der Waals surface area contributed by atoms with Crippen molar-refractivity contribution < 1.29 is 8.78 Å². The Bertz CT molecular complexity index is 607. The number of benzene rings is 1. The van der Waals surface area contributed by atoms with Crippen molar-refractivity contribution in [1.29, 1.82) is 0 Å². The van der Waals surface area contributed by atoms with Crippen LogP contribution < -0.4 is 10.6 Å². The molecule has 166 valence electrons. The summed E-state index contributed by atoms with van der Waals surface area (Å²) in [6.45, 7) is 4.65. The fourth-order valence-electron chi connectivity index (χ4n) is 3.40. The van der Waals surface area contributed by atoms with E-state index < -0.39 is 6.43 Å². The number of aliphatic imine (C=N–C) groups is 1. The Hall–Kier alpha value is -0.710. The second-order valence-electron chi connectivity index (χ2n) is 7.36. The van der Waals surface area contributed by atoms with Crippen molar-refractivity contribution in [1.82, 2.24) is 20.4 Å². The van der Waals surface area contributed by atoms with Crippen molar-refractivity contribution >= 4 is 41.5 Å². The molecule has 1 heterocycles. The van der Waals surface area contributed by atoms with Crippen LogP contribution in [0.5, 0.6) is 0 Å².